The SMILES string of the molecule is CCCC(=O)Nc1ccc2c(c1)OC[C@H](C)N(C)C[C@H](C)[C@@H](OC)CN(C)C2=O. The number of amides is 2. The van der Waals surface area contributed by atoms with Gasteiger partial charge >= 0.3 is 0 Å². The largest absolute Gasteiger partial charge is 0.491 e. The van der Waals surface area contributed by atoms with Crippen LogP contribution >= 0.6 is 0 Å². The van der Waals surface area contributed by atoms with Crippen LogP contribution in [-0.4, -0.2) is 74.7 Å². The zero-order valence-electron chi connectivity index (χ0n) is 18.5. The van der Waals surface area contributed by atoms with Gasteiger partial charge in [0.15, 0.2) is 0 Å². The van der Waals surface area contributed by atoms with E-state index >= 15 is 0 Å². The zero-order valence-corrected chi connectivity index (χ0v) is 18.5. The highest BCUT2D eigenvalue weighted by Crippen LogP contribution is 2.26. The van der Waals surface area contributed by atoms with E-state index in [2.05, 4.69) is 31.1 Å². The first-order chi connectivity index (χ1) is 13.8. The number of hydrogen-bond acceptors (Lipinski definition) is 5. The van der Waals surface area contributed by atoms with Crippen LogP contribution in [0.5, 0.6) is 5.75 Å². The summed E-state index contributed by atoms with van der Waals surface area (Å²) in [5.74, 6) is 0.577. The normalized spacial score (nSPS) is 24.1. The highest BCUT2D eigenvalue weighted by Gasteiger charge is 2.27. The van der Waals surface area contributed by atoms with Crippen molar-refractivity contribution in [3.8, 4) is 5.75 Å². The topological polar surface area (TPSA) is 71.1 Å². The summed E-state index contributed by atoms with van der Waals surface area (Å²) in [7, 11) is 5.54. The maximum atomic E-state index is 13.1. The van der Waals surface area contributed by atoms with Gasteiger partial charge in [0, 0.05) is 51.5 Å². The molecule has 1 aromatic carbocycles. The number of benzene rings is 1. The van der Waals surface area contributed by atoms with Gasteiger partial charge in [0.2, 0.25) is 5.91 Å². The van der Waals surface area contributed by atoms with E-state index in [0.717, 1.165) is 13.0 Å². The van der Waals surface area contributed by atoms with Gasteiger partial charge in [-0.15, -0.1) is 0 Å². The molecule has 0 saturated heterocycles. The number of likely N-dealkylation sites (N-methyl/N-ethyl adjacent to an activating group) is 2. The fourth-order valence-corrected chi connectivity index (χ4v) is 3.48. The second kappa shape index (κ2) is 10.6. The van der Waals surface area contributed by atoms with Crippen LogP contribution < -0.4 is 10.1 Å². The summed E-state index contributed by atoms with van der Waals surface area (Å²) in [4.78, 5) is 29.0. The van der Waals surface area contributed by atoms with Gasteiger partial charge in [0.25, 0.3) is 5.91 Å². The van der Waals surface area contributed by atoms with Crippen LogP contribution in [0.2, 0.25) is 0 Å². The molecule has 162 valence electrons. The van der Waals surface area contributed by atoms with Crippen molar-refractivity contribution >= 4 is 17.5 Å². The second-order valence-corrected chi connectivity index (χ2v) is 8.05. The molecule has 1 aliphatic heterocycles. The summed E-state index contributed by atoms with van der Waals surface area (Å²) in [5, 5.41) is 2.87. The number of ether oxygens (including phenoxy) is 2. The van der Waals surface area contributed by atoms with Gasteiger partial charge in [-0.3, -0.25) is 14.5 Å². The van der Waals surface area contributed by atoms with Crippen molar-refractivity contribution in [3.05, 3.63) is 23.8 Å². The molecule has 7 heteroatoms. The lowest BCUT2D eigenvalue weighted by Gasteiger charge is -2.34. The maximum absolute atomic E-state index is 13.1. The molecule has 2 amide bonds. The van der Waals surface area contributed by atoms with Crippen LogP contribution in [0.1, 0.15) is 44.0 Å². The van der Waals surface area contributed by atoms with E-state index < -0.39 is 0 Å². The van der Waals surface area contributed by atoms with Crippen LogP contribution in [0.4, 0.5) is 5.69 Å². The van der Waals surface area contributed by atoms with Gasteiger partial charge in [-0.1, -0.05) is 13.8 Å². The minimum absolute atomic E-state index is 0.0472. The zero-order chi connectivity index (χ0) is 21.6. The summed E-state index contributed by atoms with van der Waals surface area (Å²) in [6.07, 6.45) is 1.17. The number of fused-ring (bicyclic) bond motifs is 1. The van der Waals surface area contributed by atoms with E-state index in [-0.39, 0.29) is 29.9 Å². The molecule has 0 aliphatic carbocycles. The molecule has 7 nitrogen and oxygen atoms in total. The van der Waals surface area contributed by atoms with Crippen LogP contribution in [0, 0.1) is 5.92 Å². The summed E-state index contributed by atoms with van der Waals surface area (Å²) >= 11 is 0. The van der Waals surface area contributed by atoms with Crippen molar-refractivity contribution in [2.24, 2.45) is 5.92 Å². The Hall–Kier alpha value is -2.12. The van der Waals surface area contributed by atoms with Gasteiger partial charge in [-0.25, -0.2) is 0 Å². The fourth-order valence-electron chi connectivity index (χ4n) is 3.48. The standard InChI is InChI=1S/C22H35N3O4/c1-7-8-21(26)23-17-9-10-18-19(11-17)29-14-16(3)24(4)12-15(2)20(28-6)13-25(5)22(18)27/h9-11,15-16,20H,7-8,12-14H2,1-6H3,(H,23,26)/t15-,16-,20-/m0/s1. The first kappa shape index (κ1) is 23.2. The van der Waals surface area contributed by atoms with Crippen LogP contribution in [0.3, 0.4) is 0 Å². The molecule has 29 heavy (non-hydrogen) atoms. The van der Waals surface area contributed by atoms with E-state index in [1.54, 1.807) is 37.3 Å². The monoisotopic (exact) mass is 405 g/mol. The molecular formula is C22H35N3O4. The third-order valence-electron chi connectivity index (χ3n) is 5.52. The Morgan fingerprint density at radius 2 is 2.00 bits per heavy atom. The summed E-state index contributed by atoms with van der Waals surface area (Å²) in [6, 6.07) is 5.37. The number of nitrogens with one attached hydrogen (secondary N) is 1. The molecule has 1 aromatic rings. The van der Waals surface area contributed by atoms with E-state index in [4.69, 9.17) is 9.47 Å². The molecular weight excluding hydrogens is 370 g/mol. The highest BCUT2D eigenvalue weighted by molar-refractivity contribution is 5.98. The lowest BCUT2D eigenvalue weighted by molar-refractivity contribution is -0.116. The summed E-state index contributed by atoms with van der Waals surface area (Å²) < 4.78 is 11.7. The van der Waals surface area contributed by atoms with E-state index in [0.29, 0.717) is 36.6 Å². The van der Waals surface area contributed by atoms with Gasteiger partial charge in [-0.05, 0) is 38.4 Å². The molecule has 0 radical (unpaired) electrons. The molecule has 1 N–H and O–H groups in total. The minimum Gasteiger partial charge on any atom is -0.491 e. The first-order valence-electron chi connectivity index (χ1n) is 10.3. The van der Waals surface area contributed by atoms with Gasteiger partial charge in [0.1, 0.15) is 12.4 Å². The quantitative estimate of drug-likeness (QED) is 0.834. The van der Waals surface area contributed by atoms with Gasteiger partial charge < -0.3 is 19.7 Å². The highest BCUT2D eigenvalue weighted by atomic mass is 16.5. The first-order valence-corrected chi connectivity index (χ1v) is 10.3. The molecule has 3 atom stereocenters. The Labute approximate surface area is 174 Å². The molecule has 2 rings (SSSR count). The lowest BCUT2D eigenvalue weighted by Crippen LogP contribution is -2.45. The maximum Gasteiger partial charge on any atom is 0.257 e. The Morgan fingerprint density at radius 1 is 1.28 bits per heavy atom. The molecule has 0 saturated carbocycles. The van der Waals surface area contributed by atoms with Crippen LogP contribution in [-0.2, 0) is 9.53 Å². The Balaban J connectivity index is 2.35. The third-order valence-corrected chi connectivity index (χ3v) is 5.52. The molecule has 0 fully saturated rings. The Morgan fingerprint density at radius 3 is 2.66 bits per heavy atom. The number of methoxy groups -OCH3 is 1. The summed E-state index contributed by atoms with van der Waals surface area (Å²) in [6.45, 7) is 7.97. The van der Waals surface area contributed by atoms with Gasteiger partial charge in [-0.2, -0.15) is 0 Å². The van der Waals surface area contributed by atoms with E-state index in [9.17, 15) is 9.59 Å². The van der Waals surface area contributed by atoms with Crippen LogP contribution in [0.15, 0.2) is 18.2 Å². The number of carbonyl (C=O) groups is 2. The average molecular weight is 406 g/mol. The van der Waals surface area contributed by atoms with E-state index in [1.165, 1.54) is 0 Å². The minimum atomic E-state index is -0.123. The molecule has 0 spiro atoms. The number of hydrogen-bond donors (Lipinski definition) is 1. The number of carbonyl (C=O) groups excluding carboxylic acids is 2. The van der Waals surface area contributed by atoms with Crippen molar-refractivity contribution in [1.29, 1.82) is 0 Å². The third kappa shape index (κ3) is 6.18. The second-order valence-electron chi connectivity index (χ2n) is 8.05. The van der Waals surface area contributed by atoms with Gasteiger partial charge in [0.05, 0.1) is 11.7 Å². The van der Waals surface area contributed by atoms with Crippen molar-refractivity contribution in [2.75, 3.05) is 46.2 Å². The van der Waals surface area contributed by atoms with Crippen molar-refractivity contribution in [1.82, 2.24) is 9.80 Å². The summed E-state index contributed by atoms with van der Waals surface area (Å²) in [5.41, 5.74) is 1.12. The molecule has 0 aromatic heterocycles. The molecule has 0 bridgehead atoms. The van der Waals surface area contributed by atoms with Crippen LogP contribution in [0.25, 0.3) is 0 Å². The average Bonchev–Trinajstić information content (AvgIpc) is 2.68. The fraction of sp³-hybridized carbons (Fsp3) is 0.636. The molecule has 0 unspecified atom stereocenters. The Kier molecular flexibility index (Phi) is 8.46. The molecule has 1 heterocycles. The number of anilines is 1. The predicted octanol–water partition coefficient (Wildman–Crippen LogP) is 2.86. The smallest absolute Gasteiger partial charge is 0.257 e. The Bertz CT molecular complexity index is 709. The number of nitrogens with zero attached hydrogens (tertiary/aromatic N) is 2. The lowest BCUT2D eigenvalue weighted by atomic mass is 10.0. The van der Waals surface area contributed by atoms with Crippen molar-refractivity contribution < 1.29 is 19.1 Å². The molecule has 1 aliphatic rings. The predicted molar refractivity (Wildman–Crippen MR) is 114 cm³/mol. The van der Waals surface area contributed by atoms with Crippen molar-refractivity contribution in [2.45, 2.75) is 45.8 Å². The number of rotatable bonds is 4. The van der Waals surface area contributed by atoms with Crippen molar-refractivity contribution in [3.63, 3.8) is 0 Å². The van der Waals surface area contributed by atoms with E-state index in [1.807, 2.05) is 6.92 Å².